The summed E-state index contributed by atoms with van der Waals surface area (Å²) in [5.74, 6) is 0.242. The van der Waals surface area contributed by atoms with Crippen LogP contribution in [0.2, 0.25) is 0 Å². The van der Waals surface area contributed by atoms with Crippen molar-refractivity contribution in [2.45, 2.75) is 40.7 Å². The fourth-order valence-electron chi connectivity index (χ4n) is 4.53. The summed E-state index contributed by atoms with van der Waals surface area (Å²) >= 11 is 0. The van der Waals surface area contributed by atoms with E-state index < -0.39 is 0 Å². The van der Waals surface area contributed by atoms with Crippen LogP contribution in [0.4, 0.5) is 5.69 Å². The van der Waals surface area contributed by atoms with Crippen molar-refractivity contribution < 1.29 is 14.3 Å². The van der Waals surface area contributed by atoms with Gasteiger partial charge in [-0.2, -0.15) is 0 Å². The van der Waals surface area contributed by atoms with Gasteiger partial charge in [-0.3, -0.25) is 9.59 Å². The smallest absolute Gasteiger partial charge is 0.282 e. The second kappa shape index (κ2) is 9.40. The Balaban J connectivity index is 1.77. The molecule has 0 unspecified atom stereocenters. The molecule has 2 amide bonds. The first-order valence-electron chi connectivity index (χ1n) is 11.8. The van der Waals surface area contributed by atoms with Gasteiger partial charge >= 0.3 is 0 Å². The number of carbonyl (C=O) groups excluding carboxylic acids is 2. The molecule has 0 N–H and O–H groups in total. The Morgan fingerprint density at radius 2 is 1.58 bits per heavy atom. The van der Waals surface area contributed by atoms with Crippen molar-refractivity contribution in [1.29, 1.82) is 0 Å². The Morgan fingerprint density at radius 1 is 0.909 bits per heavy atom. The SMILES string of the molecule is CCN1CCN(C2=C(c3ccc(OC(C)C)cc3)C(=O)N(c3cccc(C)c3C)C2=O)CC1. The van der Waals surface area contributed by atoms with Gasteiger partial charge in [-0.05, 0) is 69.1 Å². The van der Waals surface area contributed by atoms with Crippen LogP contribution in [0, 0.1) is 13.8 Å². The van der Waals surface area contributed by atoms with E-state index in [1.165, 1.54) is 4.90 Å². The second-order valence-corrected chi connectivity index (χ2v) is 9.00. The van der Waals surface area contributed by atoms with Crippen molar-refractivity contribution in [2.24, 2.45) is 0 Å². The van der Waals surface area contributed by atoms with Crippen LogP contribution in [0.15, 0.2) is 48.2 Å². The predicted octanol–water partition coefficient (Wildman–Crippen LogP) is 4.01. The van der Waals surface area contributed by atoms with Gasteiger partial charge in [-0.1, -0.05) is 31.2 Å². The summed E-state index contributed by atoms with van der Waals surface area (Å²) in [7, 11) is 0. The standard InChI is InChI=1S/C27H33N3O3/c1-6-28-14-16-29(17-15-28)25-24(21-10-12-22(13-11-21)33-18(2)3)26(31)30(27(25)32)23-9-7-8-19(4)20(23)5/h7-13,18H,6,14-17H2,1-5H3. The van der Waals surface area contributed by atoms with Crippen molar-refractivity contribution in [3.8, 4) is 5.75 Å². The molecule has 1 fully saturated rings. The van der Waals surface area contributed by atoms with Crippen molar-refractivity contribution >= 4 is 23.1 Å². The number of ether oxygens (including phenoxy) is 1. The number of anilines is 1. The minimum Gasteiger partial charge on any atom is -0.491 e. The van der Waals surface area contributed by atoms with Crippen LogP contribution < -0.4 is 9.64 Å². The van der Waals surface area contributed by atoms with Crippen LogP contribution in [0.1, 0.15) is 37.5 Å². The van der Waals surface area contributed by atoms with E-state index in [-0.39, 0.29) is 17.9 Å². The fourth-order valence-corrected chi connectivity index (χ4v) is 4.53. The number of carbonyl (C=O) groups is 2. The Hall–Kier alpha value is -3.12. The lowest BCUT2D eigenvalue weighted by molar-refractivity contribution is -0.120. The third-order valence-corrected chi connectivity index (χ3v) is 6.53. The summed E-state index contributed by atoms with van der Waals surface area (Å²) in [6.45, 7) is 14.2. The van der Waals surface area contributed by atoms with Crippen molar-refractivity contribution in [3.05, 3.63) is 64.9 Å². The molecule has 1 saturated heterocycles. The largest absolute Gasteiger partial charge is 0.491 e. The number of nitrogens with zero attached hydrogens (tertiary/aromatic N) is 3. The molecular weight excluding hydrogens is 414 g/mol. The first-order chi connectivity index (χ1) is 15.8. The Bertz CT molecular complexity index is 1080. The van der Waals surface area contributed by atoms with Crippen LogP contribution in [-0.4, -0.2) is 60.4 Å². The van der Waals surface area contributed by atoms with Crippen LogP contribution in [0.3, 0.4) is 0 Å². The highest BCUT2D eigenvalue weighted by molar-refractivity contribution is 6.45. The molecule has 33 heavy (non-hydrogen) atoms. The summed E-state index contributed by atoms with van der Waals surface area (Å²) < 4.78 is 5.77. The average Bonchev–Trinajstić information content (AvgIpc) is 3.06. The van der Waals surface area contributed by atoms with Crippen LogP contribution in [0.25, 0.3) is 5.57 Å². The Kier molecular flexibility index (Phi) is 6.56. The van der Waals surface area contributed by atoms with Gasteiger partial charge in [0.2, 0.25) is 0 Å². The number of hydrogen-bond acceptors (Lipinski definition) is 5. The topological polar surface area (TPSA) is 53.1 Å². The van der Waals surface area contributed by atoms with Crippen LogP contribution in [0.5, 0.6) is 5.75 Å². The molecule has 0 atom stereocenters. The minimum absolute atomic E-state index is 0.0648. The fraction of sp³-hybridized carbons (Fsp3) is 0.407. The lowest BCUT2D eigenvalue weighted by atomic mass is 10.0. The van der Waals surface area contributed by atoms with Gasteiger partial charge in [-0.15, -0.1) is 0 Å². The quantitative estimate of drug-likeness (QED) is 0.627. The number of likely N-dealkylation sites (N-methyl/N-ethyl adjacent to an activating group) is 1. The number of imide groups is 1. The van der Waals surface area contributed by atoms with Gasteiger partial charge in [0, 0.05) is 26.2 Å². The molecule has 2 aromatic rings. The Morgan fingerprint density at radius 3 is 2.18 bits per heavy atom. The van der Waals surface area contributed by atoms with E-state index >= 15 is 0 Å². The van der Waals surface area contributed by atoms with E-state index in [1.54, 1.807) is 0 Å². The first kappa shape index (κ1) is 23.1. The summed E-state index contributed by atoms with van der Waals surface area (Å²) in [5.41, 5.74) is 4.37. The maximum Gasteiger partial charge on any atom is 0.282 e. The zero-order valence-electron chi connectivity index (χ0n) is 20.2. The molecule has 2 aliphatic rings. The van der Waals surface area contributed by atoms with Gasteiger partial charge in [-0.25, -0.2) is 4.90 Å². The molecule has 6 heteroatoms. The molecule has 0 spiro atoms. The van der Waals surface area contributed by atoms with Gasteiger partial charge < -0.3 is 14.5 Å². The maximum absolute atomic E-state index is 13.8. The predicted molar refractivity (Wildman–Crippen MR) is 131 cm³/mol. The summed E-state index contributed by atoms with van der Waals surface area (Å²) in [4.78, 5) is 33.4. The normalized spacial score (nSPS) is 17.5. The number of amides is 2. The zero-order valence-corrected chi connectivity index (χ0v) is 20.2. The second-order valence-electron chi connectivity index (χ2n) is 9.00. The highest BCUT2D eigenvalue weighted by Crippen LogP contribution is 2.37. The molecule has 2 heterocycles. The Labute approximate surface area is 196 Å². The third kappa shape index (κ3) is 4.40. The molecule has 6 nitrogen and oxygen atoms in total. The third-order valence-electron chi connectivity index (χ3n) is 6.53. The average molecular weight is 448 g/mol. The zero-order chi connectivity index (χ0) is 23.7. The molecule has 0 aliphatic carbocycles. The molecule has 4 rings (SSSR count). The highest BCUT2D eigenvalue weighted by atomic mass is 16.5. The molecular formula is C27H33N3O3. The highest BCUT2D eigenvalue weighted by Gasteiger charge is 2.43. The number of rotatable bonds is 6. The van der Waals surface area contributed by atoms with Gasteiger partial charge in [0.1, 0.15) is 11.4 Å². The molecule has 2 aliphatic heterocycles. The van der Waals surface area contributed by atoms with Gasteiger partial charge in [0.15, 0.2) is 0 Å². The lowest BCUT2D eigenvalue weighted by Gasteiger charge is -2.36. The van der Waals surface area contributed by atoms with Crippen molar-refractivity contribution in [2.75, 3.05) is 37.6 Å². The number of benzene rings is 2. The molecule has 174 valence electrons. The van der Waals surface area contributed by atoms with Crippen LogP contribution in [-0.2, 0) is 9.59 Å². The summed E-state index contributed by atoms with van der Waals surface area (Å²) in [5, 5.41) is 0. The van der Waals surface area contributed by atoms with E-state index in [2.05, 4.69) is 16.7 Å². The van der Waals surface area contributed by atoms with Gasteiger partial charge in [0.05, 0.1) is 17.4 Å². The first-order valence-corrected chi connectivity index (χ1v) is 11.8. The van der Waals surface area contributed by atoms with Crippen molar-refractivity contribution in [3.63, 3.8) is 0 Å². The molecule has 0 saturated carbocycles. The van der Waals surface area contributed by atoms with E-state index in [0.717, 1.165) is 55.2 Å². The van der Waals surface area contributed by atoms with E-state index in [9.17, 15) is 9.59 Å². The summed E-state index contributed by atoms with van der Waals surface area (Å²) in [6.07, 6.45) is 0.0648. The maximum atomic E-state index is 13.8. The van der Waals surface area contributed by atoms with Crippen molar-refractivity contribution in [1.82, 2.24) is 9.80 Å². The van der Waals surface area contributed by atoms with Gasteiger partial charge in [0.25, 0.3) is 11.8 Å². The minimum atomic E-state index is -0.265. The summed E-state index contributed by atoms with van der Waals surface area (Å²) in [6, 6.07) is 13.2. The molecule has 0 aromatic heterocycles. The molecule has 2 aromatic carbocycles. The van der Waals surface area contributed by atoms with E-state index in [4.69, 9.17) is 4.74 Å². The number of piperazine rings is 1. The molecule has 0 bridgehead atoms. The number of aryl methyl sites for hydroxylation is 1. The monoisotopic (exact) mass is 447 g/mol. The van der Waals surface area contributed by atoms with E-state index in [0.29, 0.717) is 17.0 Å². The number of hydrogen-bond donors (Lipinski definition) is 0. The van der Waals surface area contributed by atoms with Crippen LogP contribution >= 0.6 is 0 Å². The lowest BCUT2D eigenvalue weighted by Crippen LogP contribution is -2.47. The van der Waals surface area contributed by atoms with E-state index in [1.807, 2.05) is 70.2 Å². The molecule has 0 radical (unpaired) electrons.